The van der Waals surface area contributed by atoms with Crippen LogP contribution < -0.4 is 14.4 Å². The van der Waals surface area contributed by atoms with E-state index in [2.05, 4.69) is 0 Å². The second kappa shape index (κ2) is 8.77. The number of amides is 2. The lowest BCUT2D eigenvalue weighted by Gasteiger charge is -2.29. The maximum absolute atomic E-state index is 12.4. The molecule has 6 nitrogen and oxygen atoms in total. The summed E-state index contributed by atoms with van der Waals surface area (Å²) in [5, 5.41) is 0.604. The first-order valence-corrected chi connectivity index (χ1v) is 9.07. The molecule has 0 radical (unpaired) electrons. The Bertz CT molecular complexity index is 827. The molecule has 142 valence electrons. The summed E-state index contributed by atoms with van der Waals surface area (Å²) in [6.07, 6.45) is 0.230. The van der Waals surface area contributed by atoms with Crippen LogP contribution in [-0.2, 0) is 9.59 Å². The molecule has 0 aliphatic carbocycles. The van der Waals surface area contributed by atoms with Crippen LogP contribution in [0.3, 0.4) is 0 Å². The van der Waals surface area contributed by atoms with Crippen molar-refractivity contribution >= 4 is 29.1 Å². The van der Waals surface area contributed by atoms with Gasteiger partial charge in [-0.15, -0.1) is 0 Å². The molecule has 3 rings (SSSR count). The molecular formula is C20H21ClN2O4. The van der Waals surface area contributed by atoms with E-state index in [1.54, 1.807) is 29.0 Å². The first kappa shape index (κ1) is 19.0. The molecule has 0 fully saturated rings. The van der Waals surface area contributed by atoms with E-state index in [9.17, 15) is 9.59 Å². The molecule has 0 spiro atoms. The highest BCUT2D eigenvalue weighted by Gasteiger charge is 2.25. The number of hydrogen-bond acceptors (Lipinski definition) is 4. The molecule has 2 aromatic carbocycles. The first-order chi connectivity index (χ1) is 13.0. The summed E-state index contributed by atoms with van der Waals surface area (Å²) in [6.45, 7) is 1.12. The van der Waals surface area contributed by atoms with Gasteiger partial charge in [0.25, 0.3) is 5.91 Å². The van der Waals surface area contributed by atoms with Crippen molar-refractivity contribution in [2.24, 2.45) is 0 Å². The lowest BCUT2D eigenvalue weighted by Crippen LogP contribution is -2.41. The van der Waals surface area contributed by atoms with Crippen molar-refractivity contribution in [2.45, 2.75) is 6.42 Å². The Hall–Kier alpha value is -2.73. The number of ether oxygens (including phenoxy) is 2. The van der Waals surface area contributed by atoms with Gasteiger partial charge in [-0.2, -0.15) is 0 Å². The Morgan fingerprint density at radius 3 is 2.89 bits per heavy atom. The number of carbonyl (C=O) groups is 2. The quantitative estimate of drug-likeness (QED) is 0.731. The molecule has 2 amide bonds. The van der Waals surface area contributed by atoms with Crippen LogP contribution in [0.5, 0.6) is 11.5 Å². The van der Waals surface area contributed by atoms with Crippen molar-refractivity contribution in [3.05, 3.63) is 53.6 Å². The van der Waals surface area contributed by atoms with E-state index in [-0.39, 0.29) is 24.8 Å². The molecule has 1 heterocycles. The predicted octanol–water partition coefficient (Wildman–Crippen LogP) is 2.99. The number of benzene rings is 2. The van der Waals surface area contributed by atoms with Crippen molar-refractivity contribution in [3.8, 4) is 11.5 Å². The van der Waals surface area contributed by atoms with Crippen molar-refractivity contribution in [2.75, 3.05) is 38.3 Å². The van der Waals surface area contributed by atoms with Gasteiger partial charge in [0.05, 0.1) is 12.2 Å². The number of likely N-dealkylation sites (N-methyl/N-ethyl adjacent to an activating group) is 1. The highest BCUT2D eigenvalue weighted by Crippen LogP contribution is 2.31. The third-order valence-electron chi connectivity index (χ3n) is 4.27. The second-order valence-electron chi connectivity index (χ2n) is 6.17. The van der Waals surface area contributed by atoms with Crippen molar-refractivity contribution < 1.29 is 19.1 Å². The number of para-hydroxylation sites is 2. The van der Waals surface area contributed by atoms with Gasteiger partial charge >= 0.3 is 0 Å². The zero-order valence-corrected chi connectivity index (χ0v) is 15.8. The maximum atomic E-state index is 12.4. The van der Waals surface area contributed by atoms with E-state index in [4.69, 9.17) is 21.1 Å². The van der Waals surface area contributed by atoms with Gasteiger partial charge in [-0.3, -0.25) is 9.59 Å². The Morgan fingerprint density at radius 1 is 1.26 bits per heavy atom. The minimum atomic E-state index is -0.145. The van der Waals surface area contributed by atoms with Crippen LogP contribution in [0.1, 0.15) is 6.42 Å². The summed E-state index contributed by atoms with van der Waals surface area (Å²) in [4.78, 5) is 27.7. The summed E-state index contributed by atoms with van der Waals surface area (Å²) >= 11 is 5.91. The van der Waals surface area contributed by atoms with Crippen LogP contribution in [0.4, 0.5) is 5.69 Å². The smallest absolute Gasteiger partial charge is 0.265 e. The summed E-state index contributed by atoms with van der Waals surface area (Å²) in [6, 6.07) is 14.5. The molecule has 7 heteroatoms. The van der Waals surface area contributed by atoms with Crippen molar-refractivity contribution in [1.82, 2.24) is 4.90 Å². The fraction of sp³-hybridized carbons (Fsp3) is 0.300. The van der Waals surface area contributed by atoms with Crippen molar-refractivity contribution in [1.29, 1.82) is 0 Å². The molecule has 2 aromatic rings. The zero-order chi connectivity index (χ0) is 19.2. The summed E-state index contributed by atoms with van der Waals surface area (Å²) in [5.74, 6) is 1.13. The zero-order valence-electron chi connectivity index (χ0n) is 15.1. The molecule has 1 aliphatic rings. The molecule has 0 N–H and O–H groups in total. The fourth-order valence-corrected chi connectivity index (χ4v) is 2.96. The van der Waals surface area contributed by atoms with E-state index >= 15 is 0 Å². The molecular weight excluding hydrogens is 368 g/mol. The first-order valence-electron chi connectivity index (χ1n) is 8.69. The topological polar surface area (TPSA) is 59.1 Å². The molecule has 1 aliphatic heterocycles. The molecule has 0 saturated carbocycles. The van der Waals surface area contributed by atoms with E-state index in [0.29, 0.717) is 41.9 Å². The number of anilines is 1. The summed E-state index contributed by atoms with van der Waals surface area (Å²) < 4.78 is 11.0. The number of nitrogens with zero attached hydrogens (tertiary/aromatic N) is 2. The molecule has 0 aromatic heterocycles. The van der Waals surface area contributed by atoms with Gasteiger partial charge in [0.1, 0.15) is 18.1 Å². The number of carbonyl (C=O) groups excluding carboxylic acids is 2. The highest BCUT2D eigenvalue weighted by molar-refractivity contribution is 6.30. The predicted molar refractivity (Wildman–Crippen MR) is 103 cm³/mol. The van der Waals surface area contributed by atoms with Gasteiger partial charge in [-0.25, -0.2) is 0 Å². The molecule has 0 saturated heterocycles. The standard InChI is InChI=1S/C20H21ClN2O4/c1-22(11-12-26-16-6-4-5-15(21)13-16)19(24)9-10-23-17-7-2-3-8-18(17)27-14-20(23)25/h2-8,13H,9-12,14H2,1H3. The lowest BCUT2D eigenvalue weighted by molar-refractivity contribution is -0.130. The Labute approximate surface area is 163 Å². The Balaban J connectivity index is 1.48. The molecule has 0 atom stereocenters. The minimum Gasteiger partial charge on any atom is -0.492 e. The van der Waals surface area contributed by atoms with Crippen LogP contribution in [0, 0.1) is 0 Å². The van der Waals surface area contributed by atoms with E-state index < -0.39 is 0 Å². The van der Waals surface area contributed by atoms with Gasteiger partial charge in [-0.05, 0) is 30.3 Å². The third kappa shape index (κ3) is 4.92. The normalized spacial score (nSPS) is 13.0. The fourth-order valence-electron chi connectivity index (χ4n) is 2.78. The van der Waals surface area contributed by atoms with Crippen LogP contribution in [0.15, 0.2) is 48.5 Å². The van der Waals surface area contributed by atoms with Gasteiger partial charge in [-0.1, -0.05) is 29.8 Å². The minimum absolute atomic E-state index is 0.00544. The largest absolute Gasteiger partial charge is 0.492 e. The van der Waals surface area contributed by atoms with E-state index in [0.717, 1.165) is 0 Å². The van der Waals surface area contributed by atoms with Crippen molar-refractivity contribution in [3.63, 3.8) is 0 Å². The lowest BCUT2D eigenvalue weighted by atomic mass is 10.2. The maximum Gasteiger partial charge on any atom is 0.265 e. The van der Waals surface area contributed by atoms with Crippen LogP contribution in [-0.4, -0.2) is 50.1 Å². The van der Waals surface area contributed by atoms with Gasteiger partial charge in [0.15, 0.2) is 6.61 Å². The van der Waals surface area contributed by atoms with E-state index in [1.165, 1.54) is 0 Å². The second-order valence-corrected chi connectivity index (χ2v) is 6.61. The average molecular weight is 389 g/mol. The Kier molecular flexibility index (Phi) is 6.19. The van der Waals surface area contributed by atoms with Gasteiger partial charge in [0.2, 0.25) is 5.91 Å². The molecule has 0 bridgehead atoms. The van der Waals surface area contributed by atoms with E-state index in [1.807, 2.05) is 36.4 Å². The number of fused-ring (bicyclic) bond motifs is 1. The summed E-state index contributed by atoms with van der Waals surface area (Å²) in [5.41, 5.74) is 0.702. The highest BCUT2D eigenvalue weighted by atomic mass is 35.5. The number of halogens is 1. The van der Waals surface area contributed by atoms with Crippen LogP contribution in [0.25, 0.3) is 0 Å². The Morgan fingerprint density at radius 2 is 2.07 bits per heavy atom. The average Bonchev–Trinajstić information content (AvgIpc) is 2.67. The number of rotatable bonds is 7. The molecule has 27 heavy (non-hydrogen) atoms. The SMILES string of the molecule is CN(CCOc1cccc(Cl)c1)C(=O)CCN1C(=O)COc2ccccc21. The van der Waals surface area contributed by atoms with Gasteiger partial charge < -0.3 is 19.3 Å². The van der Waals surface area contributed by atoms with Crippen LogP contribution in [0.2, 0.25) is 5.02 Å². The van der Waals surface area contributed by atoms with Crippen LogP contribution >= 0.6 is 11.6 Å². The monoisotopic (exact) mass is 388 g/mol. The molecule has 0 unspecified atom stereocenters. The van der Waals surface area contributed by atoms with Gasteiger partial charge in [0, 0.05) is 25.0 Å². The number of hydrogen-bond donors (Lipinski definition) is 0. The summed E-state index contributed by atoms with van der Waals surface area (Å²) in [7, 11) is 1.72. The third-order valence-corrected chi connectivity index (χ3v) is 4.51.